The van der Waals surface area contributed by atoms with Gasteiger partial charge in [0, 0.05) is 6.42 Å². The van der Waals surface area contributed by atoms with Gasteiger partial charge in [0.05, 0.1) is 0 Å². The molecule has 0 aromatic carbocycles. The third-order valence-corrected chi connectivity index (χ3v) is 2.28. The van der Waals surface area contributed by atoms with Crippen LogP contribution in [-0.2, 0) is 9.53 Å². The van der Waals surface area contributed by atoms with Crippen molar-refractivity contribution in [2.24, 2.45) is 0 Å². The highest BCUT2D eigenvalue weighted by molar-refractivity contribution is 5.69. The van der Waals surface area contributed by atoms with Crippen molar-refractivity contribution in [3.63, 3.8) is 0 Å². The smallest absolute Gasteiger partial charge is 0.456 e. The summed E-state index contributed by atoms with van der Waals surface area (Å²) in [6.45, 7) is 1.17. The van der Waals surface area contributed by atoms with E-state index in [0.717, 1.165) is 6.92 Å². The minimum Gasteiger partial charge on any atom is -0.456 e. The molecule has 0 aliphatic heterocycles. The molecule has 0 spiro atoms. The molecule has 0 fully saturated rings. The second kappa shape index (κ2) is 5.32. The van der Waals surface area contributed by atoms with E-state index in [1.807, 2.05) is 0 Å². The monoisotopic (exact) mass is 320 g/mol. The Labute approximate surface area is 106 Å². The minimum absolute atomic E-state index is 0.0912. The number of carbonyl (C=O) groups is 1. The number of rotatable bonds is 5. The average molecular weight is 320 g/mol. The number of hydrogen-bond donors (Lipinski definition) is 0. The maximum absolute atomic E-state index is 13.1. The Morgan fingerprint density at radius 2 is 1.35 bits per heavy atom. The molecule has 0 N–H and O–H groups in total. The molecular weight excluding hydrogens is 311 g/mol. The van der Waals surface area contributed by atoms with Gasteiger partial charge in [-0.3, -0.25) is 4.79 Å². The molecular formula is C9H9F9O2. The molecule has 0 rings (SSSR count). The van der Waals surface area contributed by atoms with E-state index in [2.05, 4.69) is 4.74 Å². The van der Waals surface area contributed by atoms with Gasteiger partial charge in [-0.05, 0) is 6.92 Å². The van der Waals surface area contributed by atoms with Crippen LogP contribution in [0.5, 0.6) is 0 Å². The van der Waals surface area contributed by atoms with Gasteiger partial charge in [-0.25, -0.2) is 0 Å². The minimum atomic E-state index is -6.99. The summed E-state index contributed by atoms with van der Waals surface area (Å²) in [5.74, 6) is -21.2. The van der Waals surface area contributed by atoms with Gasteiger partial charge in [0.15, 0.2) is 6.10 Å². The van der Waals surface area contributed by atoms with E-state index in [9.17, 15) is 44.3 Å². The lowest BCUT2D eigenvalue weighted by Crippen LogP contribution is -2.64. The second-order valence-electron chi connectivity index (χ2n) is 3.76. The molecule has 0 saturated carbocycles. The number of hydrogen-bond acceptors (Lipinski definition) is 2. The number of halogens is 9. The van der Waals surface area contributed by atoms with Crippen LogP contribution >= 0.6 is 0 Å². The van der Waals surface area contributed by atoms with Gasteiger partial charge in [-0.1, -0.05) is 6.92 Å². The third kappa shape index (κ3) is 2.95. The lowest BCUT2D eigenvalue weighted by molar-refractivity contribution is -0.404. The molecule has 0 aliphatic rings. The van der Waals surface area contributed by atoms with Gasteiger partial charge in [-0.2, -0.15) is 39.5 Å². The topological polar surface area (TPSA) is 26.3 Å². The Bertz CT molecular complexity index is 361. The van der Waals surface area contributed by atoms with Gasteiger partial charge in [0.1, 0.15) is 0 Å². The third-order valence-electron chi connectivity index (χ3n) is 2.28. The lowest BCUT2D eigenvalue weighted by atomic mass is 10.00. The second-order valence-corrected chi connectivity index (χ2v) is 3.76. The maximum Gasteiger partial charge on any atom is 0.460 e. The average Bonchev–Trinajstić information content (AvgIpc) is 2.26. The fraction of sp³-hybridized carbons (Fsp3) is 0.889. The van der Waals surface area contributed by atoms with Gasteiger partial charge in [0.25, 0.3) is 0 Å². The first-order valence-corrected chi connectivity index (χ1v) is 5.02. The summed E-state index contributed by atoms with van der Waals surface area (Å²) in [5, 5.41) is 0. The van der Waals surface area contributed by atoms with E-state index in [1.54, 1.807) is 0 Å². The fourth-order valence-electron chi connectivity index (χ4n) is 0.997. The summed E-state index contributed by atoms with van der Waals surface area (Å²) >= 11 is 0. The van der Waals surface area contributed by atoms with Crippen LogP contribution in [0.25, 0.3) is 0 Å². The lowest BCUT2D eigenvalue weighted by Gasteiger charge is -2.35. The molecule has 1 unspecified atom stereocenters. The van der Waals surface area contributed by atoms with Crippen molar-refractivity contribution in [3.05, 3.63) is 0 Å². The maximum atomic E-state index is 13.1. The molecule has 120 valence electrons. The van der Waals surface area contributed by atoms with Crippen LogP contribution in [0, 0.1) is 0 Å². The van der Waals surface area contributed by atoms with Gasteiger partial charge in [-0.15, -0.1) is 0 Å². The number of alkyl halides is 9. The Morgan fingerprint density at radius 1 is 0.950 bits per heavy atom. The molecule has 0 aromatic heterocycles. The first kappa shape index (κ1) is 18.8. The summed E-state index contributed by atoms with van der Waals surface area (Å²) in [6.07, 6.45) is -10.6. The summed E-state index contributed by atoms with van der Waals surface area (Å²) in [5.41, 5.74) is 0. The Balaban J connectivity index is 5.51. The summed E-state index contributed by atoms with van der Waals surface area (Å²) < 4.78 is 116. The van der Waals surface area contributed by atoms with E-state index >= 15 is 0 Å². The van der Waals surface area contributed by atoms with Crippen LogP contribution in [0.15, 0.2) is 0 Å². The van der Waals surface area contributed by atoms with Crippen molar-refractivity contribution in [2.45, 2.75) is 50.3 Å². The quantitative estimate of drug-likeness (QED) is 0.569. The molecule has 0 bridgehead atoms. The molecule has 0 saturated heterocycles. The van der Waals surface area contributed by atoms with E-state index in [-0.39, 0.29) is 6.92 Å². The highest BCUT2D eigenvalue weighted by Crippen LogP contribution is 2.54. The first-order chi connectivity index (χ1) is 8.63. The molecule has 11 heteroatoms. The standard InChI is InChI=1S/C9H9F9O2/c1-3-5(19)20-4(2)6(10,11)7(12,13)8(14,15)9(16,17)18/h4H,3H2,1-2H3. The number of carbonyl (C=O) groups excluding carboxylic acids is 1. The fourth-order valence-corrected chi connectivity index (χ4v) is 0.997. The van der Waals surface area contributed by atoms with E-state index in [0.29, 0.717) is 0 Å². The van der Waals surface area contributed by atoms with Crippen LogP contribution in [0.4, 0.5) is 39.5 Å². The highest BCUT2D eigenvalue weighted by Gasteiger charge is 2.83. The summed E-state index contributed by atoms with van der Waals surface area (Å²) in [6, 6.07) is 0. The molecule has 0 radical (unpaired) electrons. The summed E-state index contributed by atoms with van der Waals surface area (Å²) in [7, 11) is 0. The van der Waals surface area contributed by atoms with Crippen molar-refractivity contribution >= 4 is 5.97 Å². The SMILES string of the molecule is CCC(=O)OC(C)C(F)(F)C(F)(F)C(F)(F)C(F)(F)F. The van der Waals surface area contributed by atoms with Crippen molar-refractivity contribution in [1.29, 1.82) is 0 Å². The Morgan fingerprint density at radius 3 is 1.65 bits per heavy atom. The molecule has 0 heterocycles. The van der Waals surface area contributed by atoms with Crippen molar-refractivity contribution in [2.75, 3.05) is 0 Å². The molecule has 1 atom stereocenters. The van der Waals surface area contributed by atoms with Crippen molar-refractivity contribution in [1.82, 2.24) is 0 Å². The number of ether oxygens (including phenoxy) is 1. The van der Waals surface area contributed by atoms with Crippen LogP contribution in [0.2, 0.25) is 0 Å². The first-order valence-electron chi connectivity index (χ1n) is 5.02. The molecule has 20 heavy (non-hydrogen) atoms. The van der Waals surface area contributed by atoms with Crippen LogP contribution in [0.3, 0.4) is 0 Å². The largest absolute Gasteiger partial charge is 0.460 e. The predicted octanol–water partition coefficient (Wildman–Crippen LogP) is 3.80. The van der Waals surface area contributed by atoms with Crippen LogP contribution < -0.4 is 0 Å². The molecule has 0 aromatic rings. The molecule has 2 nitrogen and oxygen atoms in total. The summed E-state index contributed by atoms with van der Waals surface area (Å²) in [4.78, 5) is 10.6. The van der Waals surface area contributed by atoms with E-state index in [4.69, 9.17) is 0 Å². The zero-order chi connectivity index (χ0) is 16.6. The van der Waals surface area contributed by atoms with Gasteiger partial charge >= 0.3 is 29.9 Å². The van der Waals surface area contributed by atoms with Gasteiger partial charge < -0.3 is 4.74 Å². The number of esters is 1. The zero-order valence-electron chi connectivity index (χ0n) is 10.0. The molecule has 0 amide bonds. The normalized spacial score (nSPS) is 15.9. The van der Waals surface area contributed by atoms with Crippen LogP contribution in [-0.4, -0.2) is 36.0 Å². The highest BCUT2D eigenvalue weighted by atomic mass is 19.4. The zero-order valence-corrected chi connectivity index (χ0v) is 10.0. The van der Waals surface area contributed by atoms with E-state index < -0.39 is 42.4 Å². The molecule has 0 aliphatic carbocycles. The van der Waals surface area contributed by atoms with Crippen LogP contribution in [0.1, 0.15) is 20.3 Å². The Hall–Kier alpha value is -1.16. The Kier molecular flexibility index (Phi) is 5.01. The predicted molar refractivity (Wildman–Crippen MR) is 46.7 cm³/mol. The van der Waals surface area contributed by atoms with Crippen molar-refractivity contribution < 1.29 is 49.0 Å². The van der Waals surface area contributed by atoms with Crippen molar-refractivity contribution in [3.8, 4) is 0 Å². The van der Waals surface area contributed by atoms with E-state index in [1.165, 1.54) is 0 Å². The van der Waals surface area contributed by atoms with Gasteiger partial charge in [0.2, 0.25) is 0 Å².